The summed E-state index contributed by atoms with van der Waals surface area (Å²) in [6.07, 6.45) is -10.2. The molecule has 0 aliphatic carbocycles. The fourth-order valence-corrected chi connectivity index (χ4v) is 8.06. The van der Waals surface area contributed by atoms with Gasteiger partial charge in [-0.25, -0.2) is 4.98 Å². The maximum absolute atomic E-state index is 14.0. The first kappa shape index (κ1) is 31.2. The highest BCUT2D eigenvalue weighted by Crippen LogP contribution is 2.53. The molecular weight excluding hydrogens is 673 g/mol. The summed E-state index contributed by atoms with van der Waals surface area (Å²) in [5.41, 5.74) is -1.57. The molecule has 4 aromatic rings. The number of nitrogens with zero attached hydrogens (tertiary/aromatic N) is 4. The Hall–Kier alpha value is -2.78. The third-order valence-electron chi connectivity index (χ3n) is 7.27. The van der Waals surface area contributed by atoms with Gasteiger partial charge in [-0.05, 0) is 55.3 Å². The number of carbonyl (C=O) groups is 1. The third-order valence-corrected chi connectivity index (χ3v) is 10.4. The molecule has 0 saturated carbocycles. The lowest BCUT2D eigenvalue weighted by Crippen LogP contribution is -2.41. The van der Waals surface area contributed by atoms with Crippen LogP contribution < -0.4 is 0 Å². The average Bonchev–Trinajstić information content (AvgIpc) is 3.54. The quantitative estimate of drug-likeness (QED) is 0.201. The summed E-state index contributed by atoms with van der Waals surface area (Å²) in [6.45, 7) is 4.19. The van der Waals surface area contributed by atoms with Gasteiger partial charge in [0.2, 0.25) is 5.13 Å². The van der Waals surface area contributed by atoms with Crippen LogP contribution in [-0.4, -0.2) is 51.9 Å². The zero-order valence-electron chi connectivity index (χ0n) is 22.7. The summed E-state index contributed by atoms with van der Waals surface area (Å²) >= 11 is 15.3. The van der Waals surface area contributed by atoms with Crippen molar-refractivity contribution >= 4 is 52.2 Å². The lowest BCUT2D eigenvalue weighted by molar-refractivity contribution is -0.143. The number of hydrogen-bond donors (Lipinski definition) is 0. The van der Waals surface area contributed by atoms with Crippen molar-refractivity contribution in [3.05, 3.63) is 68.5 Å². The standard InChI is InChI=1S/C28H20Cl2F6N4O2S2/c1-12-21(14-7-15(27(31,32)33)9-16(8-14)28(34,35)36)23(24(41)39-3-5-42-6-4-39)40(38-12)26-37-22-18-11-20(30)19(29)10-17(18)13(2)43-25(22)44-26/h7-11,13H,3-6H2,1-2H3. The lowest BCUT2D eigenvalue weighted by Gasteiger charge is -2.27. The Morgan fingerprint density at radius 1 is 0.977 bits per heavy atom. The molecule has 2 aromatic carbocycles. The zero-order chi connectivity index (χ0) is 31.7. The summed E-state index contributed by atoms with van der Waals surface area (Å²) < 4.78 is 90.2. The van der Waals surface area contributed by atoms with Gasteiger partial charge in [0.25, 0.3) is 5.91 Å². The lowest BCUT2D eigenvalue weighted by atomic mass is 9.97. The van der Waals surface area contributed by atoms with Crippen molar-refractivity contribution in [1.82, 2.24) is 19.7 Å². The van der Waals surface area contributed by atoms with Crippen molar-refractivity contribution in [2.45, 2.75) is 35.7 Å². The number of amides is 1. The van der Waals surface area contributed by atoms with Gasteiger partial charge in [0.1, 0.15) is 5.69 Å². The Labute approximate surface area is 264 Å². The van der Waals surface area contributed by atoms with Crippen molar-refractivity contribution in [2.24, 2.45) is 0 Å². The second kappa shape index (κ2) is 11.2. The fourth-order valence-electron chi connectivity index (χ4n) is 5.19. The molecule has 6 rings (SSSR count). The zero-order valence-corrected chi connectivity index (χ0v) is 25.9. The van der Waals surface area contributed by atoms with Gasteiger partial charge in [-0.15, -0.1) is 11.8 Å². The number of aromatic nitrogens is 3. The van der Waals surface area contributed by atoms with Crippen LogP contribution in [0.4, 0.5) is 26.3 Å². The Morgan fingerprint density at radius 3 is 2.20 bits per heavy atom. The molecule has 2 aliphatic heterocycles. The SMILES string of the molecule is Cc1nn(-c2nc3c(s2)SC(C)c2cc(Cl)c(Cl)cc2-3)c(C(=O)N2CCOCC2)c1-c1cc(C(F)(F)F)cc(C(F)(F)F)c1. The molecule has 0 spiro atoms. The van der Waals surface area contributed by atoms with Crippen molar-refractivity contribution < 1.29 is 35.9 Å². The molecule has 0 bridgehead atoms. The Kier molecular flexibility index (Phi) is 7.97. The number of fused-ring (bicyclic) bond motifs is 3. The van der Waals surface area contributed by atoms with Crippen molar-refractivity contribution in [1.29, 1.82) is 0 Å². The minimum Gasteiger partial charge on any atom is -0.378 e. The first-order valence-electron chi connectivity index (χ1n) is 13.1. The first-order valence-corrected chi connectivity index (χ1v) is 15.5. The van der Waals surface area contributed by atoms with Gasteiger partial charge in [-0.2, -0.15) is 36.1 Å². The van der Waals surface area contributed by atoms with E-state index in [1.54, 1.807) is 12.1 Å². The molecule has 1 atom stereocenters. The number of morpholine rings is 1. The van der Waals surface area contributed by atoms with Crippen LogP contribution in [0.25, 0.3) is 27.5 Å². The van der Waals surface area contributed by atoms with Crippen LogP contribution in [0.3, 0.4) is 0 Å². The van der Waals surface area contributed by atoms with Gasteiger partial charge in [-0.3, -0.25) is 4.79 Å². The van der Waals surface area contributed by atoms with E-state index in [0.29, 0.717) is 27.9 Å². The van der Waals surface area contributed by atoms with Crippen LogP contribution in [0.15, 0.2) is 34.5 Å². The topological polar surface area (TPSA) is 60.2 Å². The highest BCUT2D eigenvalue weighted by molar-refractivity contribution is 8.01. The summed E-state index contributed by atoms with van der Waals surface area (Å²) in [6, 6.07) is 4.71. The number of rotatable bonds is 3. The predicted molar refractivity (Wildman–Crippen MR) is 156 cm³/mol. The Balaban J connectivity index is 1.58. The molecule has 1 unspecified atom stereocenters. The number of thioether (sulfide) groups is 1. The van der Waals surface area contributed by atoms with Crippen molar-refractivity contribution in [2.75, 3.05) is 26.3 Å². The normalized spacial score (nSPS) is 17.0. The minimum atomic E-state index is -5.08. The van der Waals surface area contributed by atoms with Crippen LogP contribution in [0, 0.1) is 6.92 Å². The van der Waals surface area contributed by atoms with Crippen LogP contribution in [-0.2, 0) is 17.1 Å². The van der Waals surface area contributed by atoms with Crippen LogP contribution in [0.1, 0.15) is 45.0 Å². The Bertz CT molecular complexity index is 1770. The highest BCUT2D eigenvalue weighted by atomic mass is 35.5. The second-order valence-corrected chi connectivity index (χ2v) is 13.6. The van der Waals surface area contributed by atoms with E-state index < -0.39 is 35.0 Å². The molecule has 2 aromatic heterocycles. The van der Waals surface area contributed by atoms with E-state index >= 15 is 0 Å². The van der Waals surface area contributed by atoms with E-state index in [4.69, 9.17) is 32.9 Å². The maximum atomic E-state index is 14.0. The summed E-state index contributed by atoms with van der Waals surface area (Å²) in [5, 5.41) is 5.34. The van der Waals surface area contributed by atoms with Crippen LogP contribution >= 0.6 is 46.3 Å². The molecule has 0 radical (unpaired) electrons. The molecule has 1 amide bonds. The molecule has 4 heterocycles. The van der Waals surface area contributed by atoms with Crippen LogP contribution in [0.2, 0.25) is 10.0 Å². The summed E-state index contributed by atoms with van der Waals surface area (Å²) in [4.78, 5) is 20.2. The largest absolute Gasteiger partial charge is 0.416 e. The highest BCUT2D eigenvalue weighted by Gasteiger charge is 2.39. The van der Waals surface area contributed by atoms with E-state index in [1.807, 2.05) is 6.92 Å². The van der Waals surface area contributed by atoms with Gasteiger partial charge in [0.15, 0.2) is 0 Å². The summed E-state index contributed by atoms with van der Waals surface area (Å²) in [5.74, 6) is -0.626. The smallest absolute Gasteiger partial charge is 0.378 e. The minimum absolute atomic E-state index is 0.0316. The van der Waals surface area contributed by atoms with Gasteiger partial charge in [0.05, 0.1) is 50.0 Å². The number of alkyl halides is 6. The molecule has 2 aliphatic rings. The summed E-state index contributed by atoms with van der Waals surface area (Å²) in [7, 11) is 0. The van der Waals surface area contributed by atoms with Gasteiger partial charge in [0, 0.05) is 29.5 Å². The second-order valence-electron chi connectivity index (χ2n) is 10.2. The van der Waals surface area contributed by atoms with E-state index in [2.05, 4.69) is 5.10 Å². The number of thiazole rings is 1. The van der Waals surface area contributed by atoms with Gasteiger partial charge < -0.3 is 9.64 Å². The molecule has 0 N–H and O–H groups in total. The molecule has 1 fully saturated rings. The van der Waals surface area contributed by atoms with Gasteiger partial charge >= 0.3 is 12.4 Å². The van der Waals surface area contributed by atoms with E-state index in [-0.39, 0.29) is 59.7 Å². The van der Waals surface area contributed by atoms with E-state index in [0.717, 1.165) is 15.3 Å². The number of ether oxygens (including phenoxy) is 1. The number of benzene rings is 2. The maximum Gasteiger partial charge on any atom is 0.416 e. The molecule has 232 valence electrons. The molecule has 1 saturated heterocycles. The molecule has 44 heavy (non-hydrogen) atoms. The van der Waals surface area contributed by atoms with E-state index in [9.17, 15) is 31.1 Å². The monoisotopic (exact) mass is 692 g/mol. The van der Waals surface area contributed by atoms with Gasteiger partial charge in [-0.1, -0.05) is 34.5 Å². The van der Waals surface area contributed by atoms with Crippen LogP contribution in [0.5, 0.6) is 0 Å². The number of halogens is 8. The number of carbonyl (C=O) groups excluding carboxylic acids is 1. The third kappa shape index (κ3) is 5.59. The van der Waals surface area contributed by atoms with Crippen molar-refractivity contribution in [3.63, 3.8) is 0 Å². The number of hydrogen-bond acceptors (Lipinski definition) is 6. The molecule has 16 heteroatoms. The Morgan fingerprint density at radius 2 is 1.59 bits per heavy atom. The molecule has 6 nitrogen and oxygen atoms in total. The predicted octanol–water partition coefficient (Wildman–Crippen LogP) is 8.95. The molecular formula is C28H20Cl2F6N4O2S2. The first-order chi connectivity index (χ1) is 20.6. The van der Waals surface area contributed by atoms with Crippen molar-refractivity contribution in [3.8, 4) is 27.5 Å². The average molecular weight is 694 g/mol. The number of aryl methyl sites for hydroxylation is 1. The fraction of sp³-hybridized carbons (Fsp3) is 0.321. The van der Waals surface area contributed by atoms with E-state index in [1.165, 1.54) is 39.6 Å².